The minimum absolute atomic E-state index is 0.00428. The van der Waals surface area contributed by atoms with E-state index < -0.39 is 10.0 Å². The van der Waals surface area contributed by atoms with Crippen molar-refractivity contribution in [3.8, 4) is 0 Å². The molecule has 0 unspecified atom stereocenters. The monoisotopic (exact) mass is 358 g/mol. The van der Waals surface area contributed by atoms with Gasteiger partial charge in [-0.1, -0.05) is 34.1 Å². The molecule has 108 valence electrons. The Kier molecular flexibility index (Phi) is 4.17. The lowest BCUT2D eigenvalue weighted by Crippen LogP contribution is -2.24. The molecule has 0 spiro atoms. The number of sulfonamides is 1. The summed E-state index contributed by atoms with van der Waals surface area (Å²) in [6, 6.07) is 7.41. The maximum Gasteiger partial charge on any atom is 0.246 e. The van der Waals surface area contributed by atoms with E-state index >= 15 is 0 Å². The highest BCUT2D eigenvalue weighted by Crippen LogP contribution is 2.22. The fourth-order valence-electron chi connectivity index (χ4n) is 1.83. The smallest absolute Gasteiger partial charge is 0.246 e. The van der Waals surface area contributed by atoms with Gasteiger partial charge in [-0.05, 0) is 18.6 Å². The standard InChI is InChI=1S/C12H15BrN4O2S/c1-8-11(12(14)16-17(8)2)20(18,19)15-7-9-5-3-4-6-10(9)13/h3-6,15H,7H2,1-2H3,(H2,14,16). The second-order valence-corrected chi connectivity index (χ2v) is 6.90. The molecular formula is C12H15BrN4O2S. The fraction of sp³-hybridized carbons (Fsp3) is 0.250. The van der Waals surface area contributed by atoms with Gasteiger partial charge in [-0.3, -0.25) is 4.68 Å². The number of benzene rings is 1. The van der Waals surface area contributed by atoms with Crippen molar-refractivity contribution in [2.24, 2.45) is 7.05 Å². The first-order chi connectivity index (χ1) is 9.33. The van der Waals surface area contributed by atoms with Gasteiger partial charge in [0.25, 0.3) is 0 Å². The van der Waals surface area contributed by atoms with E-state index in [4.69, 9.17) is 5.73 Å². The van der Waals surface area contributed by atoms with Gasteiger partial charge in [0.05, 0.1) is 5.69 Å². The topological polar surface area (TPSA) is 90.0 Å². The zero-order valence-electron chi connectivity index (χ0n) is 11.1. The summed E-state index contributed by atoms with van der Waals surface area (Å²) in [6.07, 6.45) is 0. The average Bonchev–Trinajstić information content (AvgIpc) is 2.62. The lowest BCUT2D eigenvalue weighted by molar-refractivity contribution is 0.580. The van der Waals surface area contributed by atoms with Crippen LogP contribution in [0.15, 0.2) is 33.6 Å². The van der Waals surface area contributed by atoms with Gasteiger partial charge in [0.1, 0.15) is 4.90 Å². The summed E-state index contributed by atoms with van der Waals surface area (Å²) in [5, 5.41) is 3.92. The van der Waals surface area contributed by atoms with Crippen LogP contribution in [0.25, 0.3) is 0 Å². The number of nitrogens with one attached hydrogen (secondary N) is 1. The summed E-state index contributed by atoms with van der Waals surface area (Å²) in [7, 11) is -2.04. The summed E-state index contributed by atoms with van der Waals surface area (Å²) < 4.78 is 29.5. The molecule has 1 aromatic carbocycles. The molecule has 2 rings (SSSR count). The molecule has 0 radical (unpaired) electrons. The van der Waals surface area contributed by atoms with Crippen LogP contribution < -0.4 is 10.5 Å². The highest BCUT2D eigenvalue weighted by atomic mass is 79.9. The van der Waals surface area contributed by atoms with E-state index in [0.717, 1.165) is 10.0 Å². The molecule has 1 aromatic heterocycles. The van der Waals surface area contributed by atoms with Crippen LogP contribution in [0.4, 0.5) is 5.82 Å². The van der Waals surface area contributed by atoms with Gasteiger partial charge in [0.2, 0.25) is 10.0 Å². The Bertz CT molecular complexity index is 740. The quantitative estimate of drug-likeness (QED) is 0.867. The SMILES string of the molecule is Cc1c(S(=O)(=O)NCc2ccccc2Br)c(N)nn1C. The van der Waals surface area contributed by atoms with E-state index in [1.54, 1.807) is 14.0 Å². The van der Waals surface area contributed by atoms with Gasteiger partial charge in [0.15, 0.2) is 5.82 Å². The minimum atomic E-state index is -3.69. The molecule has 3 N–H and O–H groups in total. The predicted octanol–water partition coefficient (Wildman–Crippen LogP) is 1.55. The van der Waals surface area contributed by atoms with Gasteiger partial charge in [-0.2, -0.15) is 5.10 Å². The fourth-order valence-corrected chi connectivity index (χ4v) is 3.59. The number of nitrogens with zero attached hydrogens (tertiary/aromatic N) is 2. The third-order valence-corrected chi connectivity index (χ3v) is 5.32. The molecule has 0 saturated heterocycles. The molecule has 0 aliphatic carbocycles. The van der Waals surface area contributed by atoms with Gasteiger partial charge in [-0.25, -0.2) is 13.1 Å². The summed E-state index contributed by atoms with van der Waals surface area (Å²) in [4.78, 5) is 0.0343. The average molecular weight is 359 g/mol. The Labute approximate surface area is 126 Å². The predicted molar refractivity (Wildman–Crippen MR) is 80.5 cm³/mol. The Morgan fingerprint density at radius 3 is 2.60 bits per heavy atom. The van der Waals surface area contributed by atoms with E-state index in [2.05, 4.69) is 25.8 Å². The number of aryl methyl sites for hydroxylation is 1. The van der Waals surface area contributed by atoms with Crippen molar-refractivity contribution >= 4 is 31.8 Å². The molecule has 0 atom stereocenters. The molecule has 0 aliphatic rings. The van der Waals surface area contributed by atoms with Crippen LogP contribution in [-0.2, 0) is 23.6 Å². The van der Waals surface area contributed by atoms with Crippen LogP contribution in [0.3, 0.4) is 0 Å². The number of hydrogen-bond acceptors (Lipinski definition) is 4. The van der Waals surface area contributed by atoms with Crippen molar-refractivity contribution in [1.82, 2.24) is 14.5 Å². The molecule has 0 bridgehead atoms. The highest BCUT2D eigenvalue weighted by Gasteiger charge is 2.24. The number of aromatic nitrogens is 2. The van der Waals surface area contributed by atoms with Crippen molar-refractivity contribution in [3.05, 3.63) is 40.0 Å². The van der Waals surface area contributed by atoms with Crippen LogP contribution in [0.5, 0.6) is 0 Å². The number of nitrogen functional groups attached to an aromatic ring is 1. The van der Waals surface area contributed by atoms with Crippen LogP contribution >= 0.6 is 15.9 Å². The Morgan fingerprint density at radius 1 is 1.40 bits per heavy atom. The largest absolute Gasteiger partial charge is 0.381 e. The second kappa shape index (κ2) is 5.55. The van der Waals surface area contributed by atoms with E-state index in [0.29, 0.717) is 5.69 Å². The minimum Gasteiger partial charge on any atom is -0.381 e. The van der Waals surface area contributed by atoms with Crippen LogP contribution in [-0.4, -0.2) is 18.2 Å². The molecule has 8 heteroatoms. The Hall–Kier alpha value is -1.38. The summed E-state index contributed by atoms with van der Waals surface area (Å²) in [6.45, 7) is 1.84. The first-order valence-electron chi connectivity index (χ1n) is 5.85. The lowest BCUT2D eigenvalue weighted by Gasteiger charge is -2.08. The van der Waals surface area contributed by atoms with E-state index in [1.165, 1.54) is 4.68 Å². The molecule has 0 fully saturated rings. The molecule has 20 heavy (non-hydrogen) atoms. The first-order valence-corrected chi connectivity index (χ1v) is 8.12. The van der Waals surface area contributed by atoms with Crippen molar-refractivity contribution in [1.29, 1.82) is 0 Å². The number of rotatable bonds is 4. The maximum atomic E-state index is 12.3. The van der Waals surface area contributed by atoms with Gasteiger partial charge >= 0.3 is 0 Å². The number of nitrogens with two attached hydrogens (primary N) is 1. The third-order valence-electron chi connectivity index (χ3n) is 2.98. The number of halogens is 1. The van der Waals surface area contributed by atoms with Crippen molar-refractivity contribution in [3.63, 3.8) is 0 Å². The van der Waals surface area contributed by atoms with Crippen molar-refractivity contribution in [2.75, 3.05) is 5.73 Å². The third kappa shape index (κ3) is 2.87. The van der Waals surface area contributed by atoms with Gasteiger partial charge < -0.3 is 5.73 Å². The maximum absolute atomic E-state index is 12.3. The van der Waals surface area contributed by atoms with Crippen LogP contribution in [0, 0.1) is 6.92 Å². The number of anilines is 1. The lowest BCUT2D eigenvalue weighted by atomic mass is 10.2. The molecule has 2 aromatic rings. The van der Waals surface area contributed by atoms with Gasteiger partial charge in [-0.15, -0.1) is 0 Å². The molecule has 6 nitrogen and oxygen atoms in total. The number of hydrogen-bond donors (Lipinski definition) is 2. The zero-order valence-corrected chi connectivity index (χ0v) is 13.5. The normalized spacial score (nSPS) is 11.8. The van der Waals surface area contributed by atoms with E-state index in [1.807, 2.05) is 24.3 Å². The molecule has 0 aliphatic heterocycles. The van der Waals surface area contributed by atoms with Gasteiger partial charge in [0, 0.05) is 18.1 Å². The molecule has 0 amide bonds. The first kappa shape index (κ1) is 15.0. The highest BCUT2D eigenvalue weighted by molar-refractivity contribution is 9.10. The second-order valence-electron chi connectivity index (χ2n) is 4.34. The Balaban J connectivity index is 2.27. The Morgan fingerprint density at radius 2 is 2.05 bits per heavy atom. The molecule has 1 heterocycles. The van der Waals surface area contributed by atoms with E-state index in [9.17, 15) is 8.42 Å². The van der Waals surface area contributed by atoms with Crippen molar-refractivity contribution < 1.29 is 8.42 Å². The van der Waals surface area contributed by atoms with Crippen LogP contribution in [0.2, 0.25) is 0 Å². The van der Waals surface area contributed by atoms with E-state index in [-0.39, 0.29) is 17.3 Å². The summed E-state index contributed by atoms with van der Waals surface area (Å²) in [5.74, 6) is 0.00428. The van der Waals surface area contributed by atoms with Crippen LogP contribution in [0.1, 0.15) is 11.3 Å². The van der Waals surface area contributed by atoms with Crippen molar-refractivity contribution in [2.45, 2.75) is 18.4 Å². The molecular weight excluding hydrogens is 344 g/mol. The zero-order chi connectivity index (χ0) is 14.9. The summed E-state index contributed by atoms with van der Waals surface area (Å²) in [5.41, 5.74) is 7.01. The summed E-state index contributed by atoms with van der Waals surface area (Å²) >= 11 is 3.38. The molecule has 0 saturated carbocycles.